The molecule has 0 aromatic carbocycles. The van der Waals surface area contributed by atoms with E-state index in [1.807, 2.05) is 0 Å². The summed E-state index contributed by atoms with van der Waals surface area (Å²) in [6.45, 7) is 0. The first-order chi connectivity index (χ1) is 5.06. The zero-order valence-electron chi connectivity index (χ0n) is 6.42. The minimum absolute atomic E-state index is 0.120. The Bertz CT molecular complexity index is 179. The van der Waals surface area contributed by atoms with Gasteiger partial charge in [-0.05, 0) is 12.8 Å². The summed E-state index contributed by atoms with van der Waals surface area (Å²) in [5.74, 6) is 0.120. The lowest BCUT2D eigenvalue weighted by Crippen LogP contribution is -2.16. The molecule has 68 valence electrons. The monoisotopic (exact) mass is 243 g/mol. The van der Waals surface area contributed by atoms with E-state index in [4.69, 9.17) is 5.14 Å². The molecule has 0 rings (SSSR count). The Balaban J connectivity index is 3.16. The van der Waals surface area contributed by atoms with E-state index in [1.54, 1.807) is 0 Å². The second-order valence-electron chi connectivity index (χ2n) is 2.47. The van der Waals surface area contributed by atoms with Crippen LogP contribution < -0.4 is 5.14 Å². The lowest BCUT2D eigenvalue weighted by Gasteiger charge is -1.97. The lowest BCUT2D eigenvalue weighted by atomic mass is 10.2. The summed E-state index contributed by atoms with van der Waals surface area (Å²) in [6.07, 6.45) is 3.80. The number of hydrogen-bond acceptors (Lipinski definition) is 2. The van der Waals surface area contributed by atoms with Crippen LogP contribution in [0.3, 0.4) is 0 Å². The Morgan fingerprint density at radius 1 is 1.09 bits per heavy atom. The summed E-state index contributed by atoms with van der Waals surface area (Å²) in [5.41, 5.74) is 0. The van der Waals surface area contributed by atoms with Crippen molar-refractivity contribution in [2.45, 2.75) is 25.7 Å². The van der Waals surface area contributed by atoms with Gasteiger partial charge < -0.3 is 0 Å². The highest BCUT2D eigenvalue weighted by Crippen LogP contribution is 2.02. The number of alkyl halides is 1. The van der Waals surface area contributed by atoms with Crippen molar-refractivity contribution in [3.8, 4) is 0 Å². The topological polar surface area (TPSA) is 60.2 Å². The maximum Gasteiger partial charge on any atom is 0.209 e. The van der Waals surface area contributed by atoms with Crippen molar-refractivity contribution in [2.24, 2.45) is 5.14 Å². The van der Waals surface area contributed by atoms with E-state index in [-0.39, 0.29) is 5.75 Å². The summed E-state index contributed by atoms with van der Waals surface area (Å²) < 4.78 is 20.9. The van der Waals surface area contributed by atoms with Crippen molar-refractivity contribution in [1.82, 2.24) is 0 Å². The molecule has 0 saturated heterocycles. The van der Waals surface area contributed by atoms with E-state index < -0.39 is 10.0 Å². The quantitative estimate of drug-likeness (QED) is 0.564. The van der Waals surface area contributed by atoms with Crippen LogP contribution in [-0.4, -0.2) is 19.5 Å². The first-order valence-corrected chi connectivity index (χ1v) is 6.46. The third-order valence-corrected chi connectivity index (χ3v) is 2.73. The number of hydrogen-bond donors (Lipinski definition) is 1. The number of halogens is 1. The molecule has 0 aliphatic rings. The van der Waals surface area contributed by atoms with Crippen molar-refractivity contribution >= 4 is 26.0 Å². The van der Waals surface area contributed by atoms with Crippen LogP contribution in [0.5, 0.6) is 0 Å². The molecule has 5 heteroatoms. The maximum absolute atomic E-state index is 10.4. The fourth-order valence-electron chi connectivity index (χ4n) is 0.751. The number of nitrogens with two attached hydrogens (primary N) is 1. The third-order valence-electron chi connectivity index (χ3n) is 1.31. The second-order valence-corrected chi connectivity index (χ2v) is 5.00. The predicted molar refractivity (Wildman–Crippen MR) is 50.2 cm³/mol. The number of unbranched alkanes of at least 4 members (excludes halogenated alkanes) is 3. The lowest BCUT2D eigenvalue weighted by molar-refractivity contribution is 0.591. The van der Waals surface area contributed by atoms with Gasteiger partial charge in [-0.3, -0.25) is 0 Å². The van der Waals surface area contributed by atoms with Gasteiger partial charge in [0.25, 0.3) is 0 Å². The van der Waals surface area contributed by atoms with Crippen LogP contribution in [0.15, 0.2) is 0 Å². The molecule has 0 aromatic heterocycles. The minimum Gasteiger partial charge on any atom is -0.229 e. The number of primary sulfonamides is 1. The highest BCUT2D eigenvalue weighted by atomic mass is 79.9. The molecular weight excluding hydrogens is 230 g/mol. The first kappa shape index (κ1) is 11.4. The average molecular weight is 244 g/mol. The highest BCUT2D eigenvalue weighted by Gasteiger charge is 2.00. The molecule has 0 aromatic rings. The van der Waals surface area contributed by atoms with E-state index >= 15 is 0 Å². The van der Waals surface area contributed by atoms with E-state index in [2.05, 4.69) is 15.9 Å². The molecule has 0 radical (unpaired) electrons. The second kappa shape index (κ2) is 5.97. The van der Waals surface area contributed by atoms with Gasteiger partial charge in [0, 0.05) is 5.33 Å². The maximum atomic E-state index is 10.4. The van der Waals surface area contributed by atoms with Gasteiger partial charge in [-0.25, -0.2) is 13.6 Å². The predicted octanol–water partition coefficient (Wildman–Crippen LogP) is 1.23. The average Bonchev–Trinajstić information content (AvgIpc) is 1.85. The largest absolute Gasteiger partial charge is 0.229 e. The Hall–Kier alpha value is 0.390. The fourth-order valence-corrected chi connectivity index (χ4v) is 1.75. The van der Waals surface area contributed by atoms with Crippen molar-refractivity contribution in [3.63, 3.8) is 0 Å². The van der Waals surface area contributed by atoms with Crippen molar-refractivity contribution < 1.29 is 8.42 Å². The van der Waals surface area contributed by atoms with Gasteiger partial charge in [-0.2, -0.15) is 0 Å². The van der Waals surface area contributed by atoms with Crippen LogP contribution >= 0.6 is 15.9 Å². The summed E-state index contributed by atoms with van der Waals surface area (Å²) in [4.78, 5) is 0. The van der Waals surface area contributed by atoms with Crippen molar-refractivity contribution in [1.29, 1.82) is 0 Å². The van der Waals surface area contributed by atoms with Crippen LogP contribution in [0.1, 0.15) is 25.7 Å². The summed E-state index contributed by atoms with van der Waals surface area (Å²) >= 11 is 3.30. The molecule has 11 heavy (non-hydrogen) atoms. The standard InChI is InChI=1S/C6H14BrNO2S/c7-5-3-1-2-4-6-11(8,9)10/h1-6H2,(H2,8,9,10). The molecule has 0 spiro atoms. The Morgan fingerprint density at radius 3 is 2.09 bits per heavy atom. The molecule has 0 saturated carbocycles. The van der Waals surface area contributed by atoms with Gasteiger partial charge in [0.15, 0.2) is 0 Å². The molecule has 3 nitrogen and oxygen atoms in total. The van der Waals surface area contributed by atoms with Gasteiger partial charge >= 0.3 is 0 Å². The van der Waals surface area contributed by atoms with Gasteiger partial charge in [-0.15, -0.1) is 0 Å². The molecular formula is C6H14BrNO2S. The normalized spacial score (nSPS) is 11.8. The number of rotatable bonds is 6. The van der Waals surface area contributed by atoms with Gasteiger partial charge in [0.1, 0.15) is 0 Å². The zero-order valence-corrected chi connectivity index (χ0v) is 8.83. The van der Waals surface area contributed by atoms with Gasteiger partial charge in [-0.1, -0.05) is 28.8 Å². The van der Waals surface area contributed by atoms with Crippen LogP contribution in [0.25, 0.3) is 0 Å². The molecule has 0 fully saturated rings. The molecule has 0 heterocycles. The Kier molecular flexibility index (Phi) is 6.18. The summed E-state index contributed by atoms with van der Waals surface area (Å²) in [7, 11) is -3.22. The van der Waals surface area contributed by atoms with Crippen molar-refractivity contribution in [2.75, 3.05) is 11.1 Å². The molecule has 2 N–H and O–H groups in total. The molecule has 0 bridgehead atoms. The van der Waals surface area contributed by atoms with Gasteiger partial charge in [0.05, 0.1) is 5.75 Å². The third kappa shape index (κ3) is 10.4. The zero-order chi connectivity index (χ0) is 8.74. The van der Waals surface area contributed by atoms with Gasteiger partial charge in [0.2, 0.25) is 10.0 Å². The summed E-state index contributed by atoms with van der Waals surface area (Å²) in [6, 6.07) is 0. The first-order valence-electron chi connectivity index (χ1n) is 3.62. The van der Waals surface area contributed by atoms with Crippen LogP contribution in [0, 0.1) is 0 Å². The molecule has 0 unspecified atom stereocenters. The Morgan fingerprint density at radius 2 is 1.64 bits per heavy atom. The fraction of sp³-hybridized carbons (Fsp3) is 1.00. The van der Waals surface area contributed by atoms with E-state index in [0.29, 0.717) is 6.42 Å². The van der Waals surface area contributed by atoms with Crippen LogP contribution in [0.2, 0.25) is 0 Å². The molecule has 0 amide bonds. The van der Waals surface area contributed by atoms with Crippen molar-refractivity contribution in [3.05, 3.63) is 0 Å². The van der Waals surface area contributed by atoms with E-state index in [1.165, 1.54) is 0 Å². The van der Waals surface area contributed by atoms with E-state index in [0.717, 1.165) is 24.6 Å². The molecule has 0 aliphatic heterocycles. The SMILES string of the molecule is NS(=O)(=O)CCCCCCBr. The molecule has 0 aliphatic carbocycles. The van der Waals surface area contributed by atoms with Crippen LogP contribution in [0.4, 0.5) is 0 Å². The van der Waals surface area contributed by atoms with E-state index in [9.17, 15) is 8.42 Å². The minimum atomic E-state index is -3.22. The van der Waals surface area contributed by atoms with Crippen LogP contribution in [-0.2, 0) is 10.0 Å². The smallest absolute Gasteiger partial charge is 0.209 e. The molecule has 0 atom stereocenters. The Labute approximate surface area is 76.5 Å². The highest BCUT2D eigenvalue weighted by molar-refractivity contribution is 9.09. The summed E-state index contributed by atoms with van der Waals surface area (Å²) in [5, 5.41) is 5.80. The number of sulfonamides is 1.